The van der Waals surface area contributed by atoms with E-state index >= 15 is 0 Å². The lowest BCUT2D eigenvalue weighted by Crippen LogP contribution is -2.55. The summed E-state index contributed by atoms with van der Waals surface area (Å²) in [4.78, 5) is 29.1. The van der Waals surface area contributed by atoms with E-state index in [0.717, 1.165) is 51.5 Å². The first kappa shape index (κ1) is 22.9. The number of halogens is 1. The summed E-state index contributed by atoms with van der Waals surface area (Å²) in [6.07, 6.45) is 2.97. The van der Waals surface area contributed by atoms with Gasteiger partial charge in [-0.3, -0.25) is 14.5 Å². The number of hydrogen-bond donors (Lipinski definition) is 1. The summed E-state index contributed by atoms with van der Waals surface area (Å²) in [6, 6.07) is 1.54. The Hall–Kier alpha value is -2.29. The molecule has 8 nitrogen and oxygen atoms in total. The molecule has 9 heteroatoms. The summed E-state index contributed by atoms with van der Waals surface area (Å²) in [5.74, 6) is -0.448. The first-order chi connectivity index (χ1) is 15.4. The van der Waals surface area contributed by atoms with Crippen LogP contribution in [-0.2, 0) is 9.53 Å². The van der Waals surface area contributed by atoms with Crippen LogP contribution in [0.25, 0.3) is 0 Å². The van der Waals surface area contributed by atoms with Gasteiger partial charge in [-0.1, -0.05) is 18.5 Å². The highest BCUT2D eigenvalue weighted by atomic mass is 35.5. The minimum Gasteiger partial charge on any atom is -0.496 e. The summed E-state index contributed by atoms with van der Waals surface area (Å²) in [6.45, 7) is 7.06. The largest absolute Gasteiger partial charge is 0.496 e. The van der Waals surface area contributed by atoms with Gasteiger partial charge < -0.3 is 24.3 Å². The molecule has 1 saturated heterocycles. The van der Waals surface area contributed by atoms with Gasteiger partial charge in [0.05, 0.1) is 27.4 Å². The number of carbonyl (C=O) groups excluding carboxylic acids is 2. The third kappa shape index (κ3) is 3.84. The highest BCUT2D eigenvalue weighted by Crippen LogP contribution is 2.52. The second-order valence-corrected chi connectivity index (χ2v) is 8.72. The van der Waals surface area contributed by atoms with E-state index in [-0.39, 0.29) is 33.8 Å². The summed E-state index contributed by atoms with van der Waals surface area (Å²) < 4.78 is 22.1. The lowest BCUT2D eigenvalue weighted by atomic mass is 9.74. The Balaban J connectivity index is 1.49. The van der Waals surface area contributed by atoms with E-state index in [4.69, 9.17) is 30.5 Å². The van der Waals surface area contributed by atoms with E-state index < -0.39 is 11.4 Å². The van der Waals surface area contributed by atoms with E-state index in [1.165, 1.54) is 26.4 Å². The second-order valence-electron chi connectivity index (χ2n) is 8.34. The first-order valence-corrected chi connectivity index (χ1v) is 11.3. The molecule has 0 radical (unpaired) electrons. The molecule has 0 saturated carbocycles. The average molecular weight is 465 g/mol. The van der Waals surface area contributed by atoms with Gasteiger partial charge >= 0.3 is 0 Å². The number of carbonyl (C=O) groups is 2. The molecule has 1 aliphatic carbocycles. The minimum atomic E-state index is -1.63. The zero-order chi connectivity index (χ0) is 22.9. The number of methoxy groups -OCH3 is 2. The minimum absolute atomic E-state index is 0.142. The molecule has 174 valence electrons. The molecule has 1 N–H and O–H groups in total. The maximum absolute atomic E-state index is 13.5. The van der Waals surface area contributed by atoms with Crippen LogP contribution in [0.1, 0.15) is 30.1 Å². The molecule has 2 heterocycles. The number of morpholine rings is 1. The highest BCUT2D eigenvalue weighted by Gasteiger charge is 2.60. The van der Waals surface area contributed by atoms with Crippen molar-refractivity contribution in [2.24, 2.45) is 5.92 Å². The zero-order valence-electron chi connectivity index (χ0n) is 18.7. The van der Waals surface area contributed by atoms with Gasteiger partial charge in [-0.25, -0.2) is 0 Å². The van der Waals surface area contributed by atoms with Crippen molar-refractivity contribution >= 4 is 23.2 Å². The predicted molar refractivity (Wildman–Crippen MR) is 119 cm³/mol. The van der Waals surface area contributed by atoms with Gasteiger partial charge in [-0.2, -0.15) is 0 Å². The van der Waals surface area contributed by atoms with E-state index in [9.17, 15) is 9.59 Å². The van der Waals surface area contributed by atoms with Crippen molar-refractivity contribution in [3.63, 3.8) is 0 Å². The van der Waals surface area contributed by atoms with Gasteiger partial charge in [-0.15, -0.1) is 0 Å². The molecule has 1 aromatic carbocycles. The molecule has 32 heavy (non-hydrogen) atoms. The molecular formula is C23H29ClN2O6. The van der Waals surface area contributed by atoms with Crippen LogP contribution < -0.4 is 19.5 Å². The normalized spacial score (nSPS) is 25.4. The summed E-state index contributed by atoms with van der Waals surface area (Å²) >= 11 is 6.42. The second kappa shape index (κ2) is 9.29. The Morgan fingerprint density at radius 2 is 1.94 bits per heavy atom. The molecular weight excluding hydrogens is 436 g/mol. The standard InChI is InChI=1S/C23H29ClN2O6/c1-14-11-15(25-5-4-6-26-7-9-31-10-8-26)12-18(27)23(14)22(28)19-16(29-2)13-17(30-3)20(24)21(19)32-23/h12-14,25H,4-11H2,1-3H3/t14-,23+/m1/s1. The maximum atomic E-state index is 13.5. The van der Waals surface area contributed by atoms with Gasteiger partial charge in [0.2, 0.25) is 17.2 Å². The van der Waals surface area contributed by atoms with Crippen LogP contribution in [0.2, 0.25) is 5.02 Å². The first-order valence-electron chi connectivity index (χ1n) is 10.9. The van der Waals surface area contributed by atoms with Crippen molar-refractivity contribution in [3.8, 4) is 17.2 Å². The Labute approximate surface area is 192 Å². The quantitative estimate of drug-likeness (QED) is 0.486. The smallest absolute Gasteiger partial charge is 0.236 e. The zero-order valence-corrected chi connectivity index (χ0v) is 19.4. The Morgan fingerprint density at radius 3 is 2.59 bits per heavy atom. The molecule has 2 aliphatic heterocycles. The predicted octanol–water partition coefficient (Wildman–Crippen LogP) is 2.48. The molecule has 1 fully saturated rings. The Bertz CT molecular complexity index is 943. The number of allylic oxidation sites excluding steroid dienone is 1. The van der Waals surface area contributed by atoms with Gasteiger partial charge in [0, 0.05) is 43.4 Å². The van der Waals surface area contributed by atoms with Gasteiger partial charge in [0.15, 0.2) is 5.75 Å². The number of ketones is 2. The molecule has 0 unspecified atom stereocenters. The molecule has 1 spiro atoms. The molecule has 0 bridgehead atoms. The van der Waals surface area contributed by atoms with E-state index in [1.807, 2.05) is 6.92 Å². The van der Waals surface area contributed by atoms with Crippen molar-refractivity contribution in [2.75, 3.05) is 53.6 Å². The average Bonchev–Trinajstić information content (AvgIpc) is 3.11. The lowest BCUT2D eigenvalue weighted by molar-refractivity contribution is -0.129. The topological polar surface area (TPSA) is 86.3 Å². The Kier molecular flexibility index (Phi) is 6.65. The molecule has 0 amide bonds. The number of hydrogen-bond acceptors (Lipinski definition) is 8. The molecule has 0 aromatic heterocycles. The molecule has 1 aromatic rings. The van der Waals surface area contributed by atoms with Crippen molar-refractivity contribution < 1.29 is 28.5 Å². The highest BCUT2D eigenvalue weighted by molar-refractivity contribution is 6.36. The summed E-state index contributed by atoms with van der Waals surface area (Å²) in [5.41, 5.74) is -0.628. The van der Waals surface area contributed by atoms with Crippen LogP contribution in [0.3, 0.4) is 0 Å². The number of benzene rings is 1. The molecule has 4 rings (SSSR count). The fourth-order valence-corrected chi connectivity index (χ4v) is 4.89. The van der Waals surface area contributed by atoms with Crippen LogP contribution in [0.15, 0.2) is 17.8 Å². The SMILES string of the molecule is COc1cc(OC)c2c(c1Cl)O[C@@]1(C(=O)C=C(NCCCN3CCOCC3)C[C@H]1C)C2=O. The van der Waals surface area contributed by atoms with Crippen LogP contribution in [0.5, 0.6) is 17.2 Å². The van der Waals surface area contributed by atoms with Gasteiger partial charge in [-0.05, 0) is 19.4 Å². The van der Waals surface area contributed by atoms with Crippen molar-refractivity contribution in [1.29, 1.82) is 0 Å². The summed E-state index contributed by atoms with van der Waals surface area (Å²) in [7, 11) is 2.92. The third-order valence-corrected chi connectivity index (χ3v) is 6.77. The van der Waals surface area contributed by atoms with Gasteiger partial charge in [0.25, 0.3) is 0 Å². The number of Topliss-reactive ketones (excluding diaryl/α,β-unsaturated/α-hetero) is 1. The maximum Gasteiger partial charge on any atom is 0.236 e. The number of nitrogens with one attached hydrogen (secondary N) is 1. The van der Waals surface area contributed by atoms with Crippen molar-refractivity contribution in [2.45, 2.75) is 25.4 Å². The number of ether oxygens (including phenoxy) is 4. The van der Waals surface area contributed by atoms with E-state index in [0.29, 0.717) is 12.2 Å². The lowest BCUT2D eigenvalue weighted by Gasteiger charge is -2.35. The fraction of sp³-hybridized carbons (Fsp3) is 0.565. The molecule has 3 aliphatic rings. The fourth-order valence-electron chi connectivity index (χ4n) is 4.63. The number of fused-ring (bicyclic) bond motifs is 1. The summed E-state index contributed by atoms with van der Waals surface area (Å²) in [5, 5.41) is 3.52. The molecule has 2 atom stereocenters. The van der Waals surface area contributed by atoms with E-state index in [1.54, 1.807) is 0 Å². The van der Waals surface area contributed by atoms with Crippen LogP contribution in [0, 0.1) is 5.92 Å². The van der Waals surface area contributed by atoms with Crippen molar-refractivity contribution in [1.82, 2.24) is 10.2 Å². The van der Waals surface area contributed by atoms with Crippen LogP contribution >= 0.6 is 11.6 Å². The van der Waals surface area contributed by atoms with Crippen LogP contribution in [0.4, 0.5) is 0 Å². The number of rotatable bonds is 7. The van der Waals surface area contributed by atoms with Gasteiger partial charge in [0.1, 0.15) is 22.1 Å². The number of nitrogens with zero attached hydrogens (tertiary/aromatic N) is 1. The Morgan fingerprint density at radius 1 is 1.22 bits per heavy atom. The van der Waals surface area contributed by atoms with Crippen molar-refractivity contribution in [3.05, 3.63) is 28.4 Å². The van der Waals surface area contributed by atoms with E-state index in [2.05, 4.69) is 10.2 Å². The van der Waals surface area contributed by atoms with Crippen LogP contribution in [-0.4, -0.2) is 75.7 Å². The monoisotopic (exact) mass is 464 g/mol. The third-order valence-electron chi connectivity index (χ3n) is 6.42.